The maximum atomic E-state index is 15.0. The van der Waals surface area contributed by atoms with Gasteiger partial charge in [-0.25, -0.2) is 4.79 Å². The van der Waals surface area contributed by atoms with Gasteiger partial charge in [0, 0.05) is 47.8 Å². The zero-order valence-electron chi connectivity index (χ0n) is 29.9. The standard InChI is InChI=1S/C39H46O10/c1-10-46-28(40)15-17-37(7)16-14-25-31(47-37)24(12-11-21(2)3)33-29(32(25)44-8)30(41)26-19-23-20-27-36(5,6)49-38(34(23)42,39(26,27)48-33)18-13-22(4)35(43)45-9/h11,13-14,16,19,23,27H,10,12,15,17-18,20H2,1-9H3/b22-13-/t23-,27-,37-,38-,39+/m0/s1. The Morgan fingerprint density at radius 2 is 1.78 bits per heavy atom. The molecule has 4 bridgehead atoms. The Bertz CT molecular complexity index is 1770. The smallest absolute Gasteiger partial charge is 0.333 e. The van der Waals surface area contributed by atoms with Gasteiger partial charge in [-0.2, -0.15) is 0 Å². The Balaban J connectivity index is 1.58. The third kappa shape index (κ3) is 5.08. The van der Waals surface area contributed by atoms with E-state index in [1.54, 1.807) is 26.0 Å². The Morgan fingerprint density at radius 1 is 1.04 bits per heavy atom. The molecule has 3 aliphatic heterocycles. The van der Waals surface area contributed by atoms with E-state index in [2.05, 4.69) is 0 Å². The summed E-state index contributed by atoms with van der Waals surface area (Å²) in [5, 5.41) is 0. The number of benzene rings is 1. The molecule has 2 fully saturated rings. The van der Waals surface area contributed by atoms with Gasteiger partial charge in [-0.3, -0.25) is 14.4 Å². The van der Waals surface area contributed by atoms with Gasteiger partial charge in [-0.15, -0.1) is 0 Å². The van der Waals surface area contributed by atoms with Crippen LogP contribution in [0.25, 0.3) is 6.08 Å². The molecule has 1 saturated carbocycles. The third-order valence-electron chi connectivity index (χ3n) is 10.8. The van der Waals surface area contributed by atoms with E-state index in [9.17, 15) is 14.4 Å². The van der Waals surface area contributed by atoms with E-state index >= 15 is 4.79 Å². The number of hydrogen-bond donors (Lipinski definition) is 0. The molecule has 262 valence electrons. The second-order valence-corrected chi connectivity index (χ2v) is 14.6. The largest absolute Gasteiger partial charge is 0.495 e. The fourth-order valence-corrected chi connectivity index (χ4v) is 8.46. The molecule has 49 heavy (non-hydrogen) atoms. The van der Waals surface area contributed by atoms with Gasteiger partial charge in [0.1, 0.15) is 28.4 Å². The first kappa shape index (κ1) is 34.7. The lowest BCUT2D eigenvalue weighted by molar-refractivity contribution is -0.171. The van der Waals surface area contributed by atoms with Gasteiger partial charge >= 0.3 is 11.9 Å². The molecule has 6 aliphatic rings. The molecule has 1 saturated heterocycles. The summed E-state index contributed by atoms with van der Waals surface area (Å²) in [5.74, 6) is -1.13. The molecule has 0 amide bonds. The van der Waals surface area contributed by atoms with Gasteiger partial charge < -0.3 is 28.4 Å². The molecule has 10 heteroatoms. The first-order valence-electron chi connectivity index (χ1n) is 17.0. The van der Waals surface area contributed by atoms with E-state index in [-0.39, 0.29) is 47.6 Å². The summed E-state index contributed by atoms with van der Waals surface area (Å²) in [7, 11) is 2.81. The maximum Gasteiger partial charge on any atom is 0.333 e. The molecule has 1 spiro atoms. The molecule has 7 rings (SSSR count). The molecule has 0 N–H and O–H groups in total. The first-order chi connectivity index (χ1) is 23.1. The van der Waals surface area contributed by atoms with Crippen molar-refractivity contribution in [2.45, 2.75) is 103 Å². The van der Waals surface area contributed by atoms with Crippen LogP contribution in [0.5, 0.6) is 17.2 Å². The molecule has 3 aliphatic carbocycles. The Labute approximate surface area is 287 Å². The fraction of sp³-hybridized carbons (Fsp3) is 0.538. The average molecular weight is 675 g/mol. The van der Waals surface area contributed by atoms with Crippen LogP contribution in [0.3, 0.4) is 0 Å². The quantitative estimate of drug-likeness (QED) is 0.160. The number of carbonyl (C=O) groups is 4. The number of rotatable bonds is 10. The van der Waals surface area contributed by atoms with E-state index in [0.29, 0.717) is 59.6 Å². The van der Waals surface area contributed by atoms with Gasteiger partial charge in [0.2, 0.25) is 0 Å². The summed E-state index contributed by atoms with van der Waals surface area (Å²) in [6, 6.07) is 0. The number of ether oxygens (including phenoxy) is 6. The summed E-state index contributed by atoms with van der Waals surface area (Å²) in [5.41, 5.74) is -1.53. The summed E-state index contributed by atoms with van der Waals surface area (Å²) in [6.07, 6.45) is 10.6. The Kier molecular flexibility index (Phi) is 8.49. The highest BCUT2D eigenvalue weighted by atomic mass is 16.6. The maximum absolute atomic E-state index is 15.0. The molecule has 10 nitrogen and oxygen atoms in total. The summed E-state index contributed by atoms with van der Waals surface area (Å²) in [4.78, 5) is 54.2. The highest BCUT2D eigenvalue weighted by Crippen LogP contribution is 2.68. The Morgan fingerprint density at radius 3 is 2.43 bits per heavy atom. The first-order valence-corrected chi connectivity index (χ1v) is 17.0. The van der Waals surface area contributed by atoms with Crippen LogP contribution in [0.2, 0.25) is 0 Å². The number of allylic oxidation sites excluding steroid dienone is 3. The van der Waals surface area contributed by atoms with E-state index in [1.807, 2.05) is 52.8 Å². The number of hydrogen-bond acceptors (Lipinski definition) is 10. The highest BCUT2D eigenvalue weighted by Gasteiger charge is 2.81. The van der Waals surface area contributed by atoms with Crippen LogP contribution in [0.4, 0.5) is 0 Å². The fourth-order valence-electron chi connectivity index (χ4n) is 8.46. The third-order valence-corrected chi connectivity index (χ3v) is 10.8. The van der Waals surface area contributed by atoms with Crippen LogP contribution in [-0.2, 0) is 35.0 Å². The van der Waals surface area contributed by atoms with E-state index in [0.717, 1.165) is 5.57 Å². The van der Waals surface area contributed by atoms with Crippen molar-refractivity contribution in [2.24, 2.45) is 11.8 Å². The van der Waals surface area contributed by atoms with Crippen molar-refractivity contribution in [3.05, 3.63) is 57.7 Å². The van der Waals surface area contributed by atoms with Crippen LogP contribution in [-0.4, -0.2) is 66.7 Å². The summed E-state index contributed by atoms with van der Waals surface area (Å²) >= 11 is 0. The number of esters is 2. The lowest BCUT2D eigenvalue weighted by atomic mass is 9.51. The number of methoxy groups -OCH3 is 2. The van der Waals surface area contributed by atoms with Crippen LogP contribution < -0.4 is 14.2 Å². The van der Waals surface area contributed by atoms with Gasteiger partial charge in [0.25, 0.3) is 0 Å². The summed E-state index contributed by atoms with van der Waals surface area (Å²) in [6.45, 7) is 13.4. The number of fused-ring (bicyclic) bond motifs is 2. The van der Waals surface area contributed by atoms with E-state index in [1.165, 1.54) is 14.2 Å². The molecule has 0 unspecified atom stereocenters. The van der Waals surface area contributed by atoms with Crippen molar-refractivity contribution < 1.29 is 47.6 Å². The van der Waals surface area contributed by atoms with Crippen LogP contribution in [0.15, 0.2) is 41.0 Å². The monoisotopic (exact) mass is 674 g/mol. The van der Waals surface area contributed by atoms with Crippen LogP contribution in [0.1, 0.15) is 95.6 Å². The topological polar surface area (TPSA) is 124 Å². The van der Waals surface area contributed by atoms with Crippen molar-refractivity contribution >= 4 is 29.6 Å². The minimum absolute atomic E-state index is 0.0136. The molecule has 1 aromatic carbocycles. The molecule has 0 radical (unpaired) electrons. The van der Waals surface area contributed by atoms with Crippen molar-refractivity contribution in [1.82, 2.24) is 0 Å². The van der Waals surface area contributed by atoms with Gasteiger partial charge in [0.05, 0.1) is 32.0 Å². The average Bonchev–Trinajstić information content (AvgIpc) is 3.21. The van der Waals surface area contributed by atoms with Crippen LogP contribution in [0, 0.1) is 11.8 Å². The minimum Gasteiger partial charge on any atom is -0.495 e. The highest BCUT2D eigenvalue weighted by molar-refractivity contribution is 6.19. The zero-order chi connectivity index (χ0) is 35.7. The number of Topliss-reactive ketones (excluding diaryl/α,β-unsaturated/α-hetero) is 2. The second-order valence-electron chi connectivity index (χ2n) is 14.6. The van der Waals surface area contributed by atoms with Crippen molar-refractivity contribution in [3.63, 3.8) is 0 Å². The van der Waals surface area contributed by atoms with Crippen LogP contribution >= 0.6 is 0 Å². The Hall–Kier alpha value is -4.18. The van der Waals surface area contributed by atoms with Gasteiger partial charge in [0.15, 0.2) is 22.8 Å². The number of carbonyl (C=O) groups excluding carboxylic acids is 4. The van der Waals surface area contributed by atoms with Crippen molar-refractivity contribution in [1.29, 1.82) is 0 Å². The normalized spacial score (nSPS) is 29.9. The zero-order valence-corrected chi connectivity index (χ0v) is 29.9. The van der Waals surface area contributed by atoms with E-state index < -0.39 is 34.3 Å². The number of ketones is 2. The predicted octanol–water partition coefficient (Wildman–Crippen LogP) is 6.23. The molecular weight excluding hydrogens is 628 g/mol. The molecule has 3 heterocycles. The predicted molar refractivity (Wildman–Crippen MR) is 181 cm³/mol. The van der Waals surface area contributed by atoms with Crippen molar-refractivity contribution in [3.8, 4) is 17.2 Å². The SMILES string of the molecule is CCOC(=O)CC[C@]1(C)C=Cc2c(c(CC=C(C)C)c3c(c2OC)C(=O)C2=C[C@H]4C[C@H]5C(C)(C)O[C@@](C/C=C(/C)C(=O)OC)(C4=O)[C@@]25O3)O1. The molecular formula is C39H46O10. The minimum atomic E-state index is -1.58. The molecule has 0 aromatic heterocycles. The molecule has 1 aromatic rings. The lowest BCUT2D eigenvalue weighted by Gasteiger charge is -2.56. The van der Waals surface area contributed by atoms with Gasteiger partial charge in [-0.05, 0) is 73.5 Å². The lowest BCUT2D eigenvalue weighted by Crippen LogP contribution is -2.72. The van der Waals surface area contributed by atoms with Gasteiger partial charge in [-0.1, -0.05) is 23.8 Å². The van der Waals surface area contributed by atoms with E-state index in [4.69, 9.17) is 28.4 Å². The molecule has 5 atom stereocenters. The van der Waals surface area contributed by atoms with Crippen molar-refractivity contribution in [2.75, 3.05) is 20.8 Å². The summed E-state index contributed by atoms with van der Waals surface area (Å²) < 4.78 is 37.0. The second kappa shape index (κ2) is 12.0.